The highest BCUT2D eigenvalue weighted by Crippen LogP contribution is 2.39. The lowest BCUT2D eigenvalue weighted by molar-refractivity contribution is 0.0724. The molecule has 0 bridgehead atoms. The number of ether oxygens (including phenoxy) is 1. The summed E-state index contributed by atoms with van der Waals surface area (Å²) in [5, 5.41) is 4.17. The summed E-state index contributed by atoms with van der Waals surface area (Å²) >= 11 is 1.53. The van der Waals surface area contributed by atoms with Gasteiger partial charge in [0.05, 0.1) is 23.1 Å². The molecule has 0 atom stereocenters. The van der Waals surface area contributed by atoms with Crippen LogP contribution in [-0.4, -0.2) is 56.1 Å². The molecule has 2 saturated heterocycles. The molecular formula is C28H31N3O3S. The number of rotatable bonds is 6. The second-order valence-electron chi connectivity index (χ2n) is 9.03. The van der Waals surface area contributed by atoms with Crippen LogP contribution in [0.5, 0.6) is 0 Å². The minimum Gasteiger partial charge on any atom is -0.378 e. The van der Waals surface area contributed by atoms with E-state index in [4.69, 9.17) is 4.74 Å². The number of anilines is 1. The fourth-order valence-electron chi connectivity index (χ4n) is 4.63. The molecule has 0 saturated carbocycles. The number of hydrogen-bond acceptors (Lipinski definition) is 5. The Morgan fingerprint density at radius 2 is 1.60 bits per heavy atom. The zero-order valence-electron chi connectivity index (χ0n) is 19.9. The number of carbonyl (C=O) groups excluding carboxylic acids is 2. The predicted molar refractivity (Wildman–Crippen MR) is 140 cm³/mol. The first-order chi connectivity index (χ1) is 17.2. The number of morpholine rings is 1. The number of nitrogens with zero attached hydrogens (tertiary/aromatic N) is 2. The fourth-order valence-corrected chi connectivity index (χ4v) is 5.78. The van der Waals surface area contributed by atoms with Gasteiger partial charge in [-0.05, 0) is 48.6 Å². The summed E-state index contributed by atoms with van der Waals surface area (Å²) in [4.78, 5) is 30.7. The maximum atomic E-state index is 13.1. The highest BCUT2D eigenvalue weighted by Gasteiger charge is 2.22. The Morgan fingerprint density at radius 3 is 2.31 bits per heavy atom. The van der Waals surface area contributed by atoms with Crippen LogP contribution in [0.3, 0.4) is 0 Å². The van der Waals surface area contributed by atoms with E-state index in [1.54, 1.807) is 0 Å². The quantitative estimate of drug-likeness (QED) is 0.540. The van der Waals surface area contributed by atoms with Crippen LogP contribution in [0.1, 0.15) is 44.9 Å². The highest BCUT2D eigenvalue weighted by atomic mass is 32.1. The van der Waals surface area contributed by atoms with Crippen molar-refractivity contribution in [2.24, 2.45) is 0 Å². The normalized spacial score (nSPS) is 16.2. The minimum absolute atomic E-state index is 0.0832. The van der Waals surface area contributed by atoms with Gasteiger partial charge < -0.3 is 19.9 Å². The van der Waals surface area contributed by atoms with Crippen molar-refractivity contribution in [2.75, 3.05) is 44.3 Å². The van der Waals surface area contributed by atoms with Crippen molar-refractivity contribution in [3.8, 4) is 11.1 Å². The lowest BCUT2D eigenvalue weighted by Gasteiger charge is -2.28. The number of hydrogen-bond donors (Lipinski definition) is 1. The Hall–Kier alpha value is -3.16. The Balaban J connectivity index is 1.26. The standard InChI is InChI=1S/C28H31N3O3S/c32-26(29-20-21-9-11-23(12-10-21)27(33)30-13-5-2-6-14-30)25-19-24(22-7-3-1-4-8-22)28(35-25)31-15-17-34-18-16-31/h1,3-4,7-12,19H,2,5-6,13-18,20H2,(H,29,32). The van der Waals surface area contributed by atoms with Crippen molar-refractivity contribution in [3.63, 3.8) is 0 Å². The molecule has 0 radical (unpaired) electrons. The molecule has 2 aliphatic heterocycles. The van der Waals surface area contributed by atoms with Gasteiger partial charge in [-0.15, -0.1) is 11.3 Å². The highest BCUT2D eigenvalue weighted by molar-refractivity contribution is 7.18. The predicted octanol–water partition coefficient (Wildman–Crippen LogP) is 4.81. The molecule has 1 N–H and O–H groups in total. The third-order valence-corrected chi connectivity index (χ3v) is 7.81. The molecule has 182 valence electrons. The summed E-state index contributed by atoms with van der Waals surface area (Å²) < 4.78 is 5.53. The number of piperidine rings is 1. The largest absolute Gasteiger partial charge is 0.378 e. The van der Waals surface area contributed by atoms with E-state index in [0.29, 0.717) is 30.2 Å². The summed E-state index contributed by atoms with van der Waals surface area (Å²) in [5.41, 5.74) is 3.88. The first-order valence-corrected chi connectivity index (χ1v) is 13.2. The van der Waals surface area contributed by atoms with Crippen LogP contribution in [0.4, 0.5) is 5.00 Å². The van der Waals surface area contributed by atoms with E-state index in [1.807, 2.05) is 53.4 Å². The lowest BCUT2D eigenvalue weighted by atomic mass is 10.1. The van der Waals surface area contributed by atoms with Crippen LogP contribution < -0.4 is 10.2 Å². The van der Waals surface area contributed by atoms with Gasteiger partial charge in [0, 0.05) is 43.9 Å². The van der Waals surface area contributed by atoms with Crippen LogP contribution in [0.15, 0.2) is 60.7 Å². The Labute approximate surface area is 210 Å². The average molecular weight is 490 g/mol. The number of thiophene rings is 1. The maximum Gasteiger partial charge on any atom is 0.261 e. The molecule has 2 amide bonds. The SMILES string of the molecule is O=C(NCc1ccc(C(=O)N2CCCCC2)cc1)c1cc(-c2ccccc2)c(N2CCOCC2)s1. The maximum absolute atomic E-state index is 13.1. The van der Waals surface area contributed by atoms with Crippen molar-refractivity contribution in [3.05, 3.63) is 76.7 Å². The molecular weight excluding hydrogens is 458 g/mol. The Morgan fingerprint density at radius 1 is 0.886 bits per heavy atom. The molecule has 1 aromatic heterocycles. The van der Waals surface area contributed by atoms with E-state index in [-0.39, 0.29) is 11.8 Å². The second kappa shape index (κ2) is 11.1. The van der Waals surface area contributed by atoms with Crippen LogP contribution in [0.25, 0.3) is 11.1 Å². The summed E-state index contributed by atoms with van der Waals surface area (Å²) in [6.07, 6.45) is 3.36. The Kier molecular flexibility index (Phi) is 7.45. The molecule has 5 rings (SSSR count). The van der Waals surface area contributed by atoms with Crippen molar-refractivity contribution < 1.29 is 14.3 Å². The smallest absolute Gasteiger partial charge is 0.261 e. The zero-order valence-corrected chi connectivity index (χ0v) is 20.7. The van der Waals surface area contributed by atoms with Crippen LogP contribution >= 0.6 is 11.3 Å². The lowest BCUT2D eigenvalue weighted by Crippen LogP contribution is -2.35. The first kappa shape index (κ1) is 23.6. The molecule has 3 heterocycles. The van der Waals surface area contributed by atoms with Crippen molar-refractivity contribution in [2.45, 2.75) is 25.8 Å². The van der Waals surface area contributed by atoms with Gasteiger partial charge in [0.25, 0.3) is 11.8 Å². The van der Waals surface area contributed by atoms with Crippen molar-refractivity contribution in [1.82, 2.24) is 10.2 Å². The monoisotopic (exact) mass is 489 g/mol. The van der Waals surface area contributed by atoms with Gasteiger partial charge in [0.2, 0.25) is 0 Å². The average Bonchev–Trinajstić information content (AvgIpc) is 3.39. The molecule has 0 aliphatic carbocycles. The second-order valence-corrected chi connectivity index (χ2v) is 10.1. The molecule has 0 spiro atoms. The van der Waals surface area contributed by atoms with Gasteiger partial charge in [0.1, 0.15) is 0 Å². The van der Waals surface area contributed by atoms with E-state index < -0.39 is 0 Å². The van der Waals surface area contributed by atoms with E-state index >= 15 is 0 Å². The van der Waals surface area contributed by atoms with Gasteiger partial charge in [0.15, 0.2) is 0 Å². The van der Waals surface area contributed by atoms with Crippen molar-refractivity contribution >= 4 is 28.2 Å². The van der Waals surface area contributed by atoms with Gasteiger partial charge >= 0.3 is 0 Å². The van der Waals surface area contributed by atoms with Gasteiger partial charge in [-0.2, -0.15) is 0 Å². The number of nitrogens with one attached hydrogen (secondary N) is 1. The topological polar surface area (TPSA) is 61.9 Å². The van der Waals surface area contributed by atoms with Gasteiger partial charge in [-0.25, -0.2) is 0 Å². The molecule has 2 fully saturated rings. The fraction of sp³-hybridized carbons (Fsp3) is 0.357. The number of amides is 2. The van der Waals surface area contributed by atoms with Gasteiger partial charge in [-0.1, -0.05) is 42.5 Å². The summed E-state index contributed by atoms with van der Waals surface area (Å²) in [6, 6.07) is 19.8. The van der Waals surface area contributed by atoms with Gasteiger partial charge in [-0.3, -0.25) is 9.59 Å². The Bertz CT molecular complexity index is 1150. The van der Waals surface area contributed by atoms with E-state index in [9.17, 15) is 9.59 Å². The molecule has 7 heteroatoms. The zero-order chi connectivity index (χ0) is 24.0. The van der Waals surface area contributed by atoms with E-state index in [1.165, 1.54) is 17.8 Å². The number of benzene rings is 2. The van der Waals surface area contributed by atoms with E-state index in [2.05, 4.69) is 22.3 Å². The molecule has 0 unspecified atom stereocenters. The first-order valence-electron chi connectivity index (χ1n) is 12.4. The summed E-state index contributed by atoms with van der Waals surface area (Å²) in [7, 11) is 0. The summed E-state index contributed by atoms with van der Waals surface area (Å²) in [5.74, 6) is 0.0168. The molecule has 35 heavy (non-hydrogen) atoms. The molecule has 2 aliphatic rings. The third kappa shape index (κ3) is 5.57. The molecule has 2 aromatic carbocycles. The third-order valence-electron chi connectivity index (χ3n) is 6.62. The number of carbonyl (C=O) groups is 2. The van der Waals surface area contributed by atoms with E-state index in [0.717, 1.165) is 60.7 Å². The molecule has 6 nitrogen and oxygen atoms in total. The van der Waals surface area contributed by atoms with Crippen LogP contribution in [0, 0.1) is 0 Å². The molecule has 3 aromatic rings. The summed E-state index contributed by atoms with van der Waals surface area (Å²) in [6.45, 7) is 5.15. The minimum atomic E-state index is -0.0832. The van der Waals surface area contributed by atoms with Crippen LogP contribution in [-0.2, 0) is 11.3 Å². The number of likely N-dealkylation sites (tertiary alicyclic amines) is 1. The van der Waals surface area contributed by atoms with Crippen LogP contribution in [0.2, 0.25) is 0 Å². The van der Waals surface area contributed by atoms with Crippen molar-refractivity contribution in [1.29, 1.82) is 0 Å².